The number of nitrogens with one attached hydrogen (secondary N) is 3. The quantitative estimate of drug-likeness (QED) is 0.451. The van der Waals surface area contributed by atoms with Gasteiger partial charge in [0.2, 0.25) is 0 Å². The Labute approximate surface area is 191 Å². The molecule has 0 fully saturated rings. The van der Waals surface area contributed by atoms with Crippen molar-refractivity contribution in [2.45, 2.75) is 19.5 Å². The van der Waals surface area contributed by atoms with Gasteiger partial charge in [-0.15, -0.1) is 0 Å². The predicted molar refractivity (Wildman–Crippen MR) is 128 cm³/mol. The molecule has 0 saturated heterocycles. The average Bonchev–Trinajstić information content (AvgIpc) is 2.83. The number of nitriles is 1. The minimum atomic E-state index is -0.694. The van der Waals surface area contributed by atoms with Crippen LogP contribution in [0, 0.1) is 23.0 Å². The Morgan fingerprint density at radius 1 is 1.15 bits per heavy atom. The Bertz CT molecular complexity index is 1280. The summed E-state index contributed by atoms with van der Waals surface area (Å²) in [5.74, 6) is -0.894. The second kappa shape index (κ2) is 9.53. The highest BCUT2D eigenvalue weighted by Gasteiger charge is 2.24. The van der Waals surface area contributed by atoms with Gasteiger partial charge >= 0.3 is 0 Å². The van der Waals surface area contributed by atoms with E-state index in [1.807, 2.05) is 43.3 Å². The van der Waals surface area contributed by atoms with Crippen LogP contribution in [0.1, 0.15) is 41.8 Å². The van der Waals surface area contributed by atoms with Gasteiger partial charge in [0.05, 0.1) is 17.3 Å². The molecule has 0 aromatic heterocycles. The number of nitrogens with zero attached hydrogens (tertiary/aromatic N) is 2. The number of hydrogen-bond donors (Lipinski definition) is 3. The molecule has 166 valence electrons. The summed E-state index contributed by atoms with van der Waals surface area (Å²) in [5, 5.41) is 19.0. The molecule has 1 atom stereocenters. The van der Waals surface area contributed by atoms with Gasteiger partial charge in [-0.2, -0.15) is 5.26 Å². The second-order valence-electron chi connectivity index (χ2n) is 7.61. The van der Waals surface area contributed by atoms with Crippen LogP contribution in [-0.4, -0.2) is 12.4 Å². The molecule has 0 amide bonds. The molecule has 7 heteroatoms. The maximum atomic E-state index is 14.5. The van der Waals surface area contributed by atoms with Crippen LogP contribution in [0.5, 0.6) is 0 Å². The van der Waals surface area contributed by atoms with Crippen molar-refractivity contribution in [3.63, 3.8) is 0 Å². The fourth-order valence-electron chi connectivity index (χ4n) is 3.73. The fourth-order valence-corrected chi connectivity index (χ4v) is 3.73. The molecule has 0 radical (unpaired) electrons. The normalized spacial score (nSPS) is 14.4. The third-order valence-electron chi connectivity index (χ3n) is 5.31. The lowest BCUT2D eigenvalue weighted by atomic mass is 10.0. The van der Waals surface area contributed by atoms with E-state index in [4.69, 9.17) is 4.99 Å². The van der Waals surface area contributed by atoms with Crippen LogP contribution in [0.25, 0.3) is 5.70 Å². The summed E-state index contributed by atoms with van der Waals surface area (Å²) in [6.07, 6.45) is 0.259. The lowest BCUT2D eigenvalue weighted by Crippen LogP contribution is -2.30. The van der Waals surface area contributed by atoms with E-state index in [9.17, 15) is 14.0 Å². The summed E-state index contributed by atoms with van der Waals surface area (Å²) in [6.45, 7) is 6.53. The van der Waals surface area contributed by atoms with Crippen LogP contribution in [-0.2, 0) is 0 Å². The van der Waals surface area contributed by atoms with Crippen LogP contribution in [0.4, 0.5) is 20.2 Å². The van der Waals surface area contributed by atoms with E-state index >= 15 is 0 Å². The average molecular weight is 444 g/mol. The summed E-state index contributed by atoms with van der Waals surface area (Å²) in [4.78, 5) is 4.78. The zero-order chi connectivity index (χ0) is 23.4. The molecule has 1 heterocycles. The largest absolute Gasteiger partial charge is 0.382 e. The van der Waals surface area contributed by atoms with Crippen molar-refractivity contribution in [2.24, 2.45) is 4.99 Å². The Balaban J connectivity index is 1.74. The minimum Gasteiger partial charge on any atom is -0.382 e. The molecule has 0 saturated carbocycles. The number of benzene rings is 3. The number of halogens is 2. The maximum absolute atomic E-state index is 14.5. The first kappa shape index (κ1) is 22.0. The van der Waals surface area contributed by atoms with E-state index in [1.165, 1.54) is 6.07 Å². The van der Waals surface area contributed by atoms with E-state index in [-0.39, 0.29) is 11.3 Å². The summed E-state index contributed by atoms with van der Waals surface area (Å²) in [7, 11) is 0. The molecule has 0 aliphatic carbocycles. The Kier molecular flexibility index (Phi) is 6.36. The highest BCUT2D eigenvalue weighted by Crippen LogP contribution is 2.32. The highest BCUT2D eigenvalue weighted by molar-refractivity contribution is 6.08. The number of rotatable bonds is 6. The first-order valence-corrected chi connectivity index (χ1v) is 10.6. The Hall–Kier alpha value is -4.18. The van der Waals surface area contributed by atoms with Crippen molar-refractivity contribution in [1.29, 1.82) is 5.26 Å². The van der Waals surface area contributed by atoms with Crippen LogP contribution >= 0.6 is 0 Å². The molecule has 3 aromatic carbocycles. The molecule has 1 aliphatic rings. The Morgan fingerprint density at radius 2 is 1.91 bits per heavy atom. The summed E-state index contributed by atoms with van der Waals surface area (Å²) in [5.41, 5.74) is 3.60. The van der Waals surface area contributed by atoms with E-state index in [0.717, 1.165) is 29.3 Å². The van der Waals surface area contributed by atoms with Crippen molar-refractivity contribution in [3.8, 4) is 6.07 Å². The molecule has 3 aromatic rings. The predicted octanol–water partition coefficient (Wildman–Crippen LogP) is 5.79. The van der Waals surface area contributed by atoms with Crippen LogP contribution in [0.15, 0.2) is 72.2 Å². The van der Waals surface area contributed by atoms with Crippen molar-refractivity contribution in [3.05, 3.63) is 101 Å². The summed E-state index contributed by atoms with van der Waals surface area (Å²) < 4.78 is 28.6. The van der Waals surface area contributed by atoms with Crippen LogP contribution in [0.2, 0.25) is 0 Å². The van der Waals surface area contributed by atoms with E-state index < -0.39 is 17.8 Å². The van der Waals surface area contributed by atoms with Crippen LogP contribution in [0.3, 0.4) is 0 Å². The van der Waals surface area contributed by atoms with Gasteiger partial charge in [-0.3, -0.25) is 0 Å². The molecule has 0 bridgehead atoms. The first-order chi connectivity index (χ1) is 16.0. The molecule has 4 rings (SSSR count). The van der Waals surface area contributed by atoms with Gasteiger partial charge in [0.25, 0.3) is 0 Å². The monoisotopic (exact) mass is 443 g/mol. The number of anilines is 2. The molecular formula is C26H23F2N5. The number of aliphatic imine (C=N–C) groups is 1. The number of fused-ring (bicyclic) bond motifs is 1. The van der Waals surface area contributed by atoms with Gasteiger partial charge in [-0.25, -0.2) is 13.8 Å². The lowest BCUT2D eigenvalue weighted by molar-refractivity contribution is 0.584. The standard InChI is InChI=1S/C26H23F2N5/c1-3-12-30-24-21(13-18(27)14-22(24)28)16(2)31-26-20-10-6-7-11-23(20)32-25(33-26)19-9-5-4-8-17(19)15-29/h4-11,13-14,25,30,32H,2-3,12H2,1H3,(H,31,33). The van der Waals surface area contributed by atoms with Gasteiger partial charge in [0.1, 0.15) is 23.6 Å². The molecule has 1 unspecified atom stereocenters. The summed E-state index contributed by atoms with van der Waals surface area (Å²) in [6, 6.07) is 19.1. The number of hydrogen-bond acceptors (Lipinski definition) is 5. The van der Waals surface area contributed by atoms with Gasteiger partial charge in [0.15, 0.2) is 0 Å². The van der Waals surface area contributed by atoms with Gasteiger partial charge < -0.3 is 16.0 Å². The van der Waals surface area contributed by atoms with E-state index in [2.05, 4.69) is 28.6 Å². The maximum Gasteiger partial charge on any atom is 0.149 e. The van der Waals surface area contributed by atoms with Crippen molar-refractivity contribution in [2.75, 3.05) is 17.2 Å². The summed E-state index contributed by atoms with van der Waals surface area (Å²) >= 11 is 0. The van der Waals surface area contributed by atoms with Crippen molar-refractivity contribution >= 4 is 22.9 Å². The highest BCUT2D eigenvalue weighted by atomic mass is 19.1. The zero-order valence-electron chi connectivity index (χ0n) is 18.1. The number of amidine groups is 1. The van der Waals surface area contributed by atoms with E-state index in [1.54, 1.807) is 12.1 Å². The zero-order valence-corrected chi connectivity index (χ0v) is 18.1. The molecule has 33 heavy (non-hydrogen) atoms. The minimum absolute atomic E-state index is 0.185. The first-order valence-electron chi connectivity index (χ1n) is 10.6. The van der Waals surface area contributed by atoms with Gasteiger partial charge in [0, 0.05) is 40.7 Å². The van der Waals surface area contributed by atoms with Gasteiger partial charge in [-0.1, -0.05) is 43.8 Å². The lowest BCUT2D eigenvalue weighted by Gasteiger charge is -2.27. The molecule has 0 spiro atoms. The van der Waals surface area contributed by atoms with Crippen molar-refractivity contribution in [1.82, 2.24) is 5.32 Å². The molecule has 1 aliphatic heterocycles. The number of para-hydroxylation sites is 1. The topological polar surface area (TPSA) is 72.2 Å². The fraction of sp³-hybridized carbons (Fsp3) is 0.154. The molecule has 5 nitrogen and oxygen atoms in total. The molecular weight excluding hydrogens is 420 g/mol. The molecule has 3 N–H and O–H groups in total. The van der Waals surface area contributed by atoms with Gasteiger partial charge in [-0.05, 0) is 30.7 Å². The van der Waals surface area contributed by atoms with Crippen LogP contribution < -0.4 is 16.0 Å². The SMILES string of the molecule is C=C(NC1=NC(c2ccccc2C#N)Nc2ccccc21)c1cc(F)cc(F)c1NCCC. The second-order valence-corrected chi connectivity index (χ2v) is 7.61. The Morgan fingerprint density at radius 3 is 2.70 bits per heavy atom. The van der Waals surface area contributed by atoms with Crippen molar-refractivity contribution < 1.29 is 8.78 Å². The smallest absolute Gasteiger partial charge is 0.149 e. The van der Waals surface area contributed by atoms with E-state index in [0.29, 0.717) is 23.6 Å². The third-order valence-corrected chi connectivity index (χ3v) is 5.31. The third kappa shape index (κ3) is 4.55.